The summed E-state index contributed by atoms with van der Waals surface area (Å²) in [6, 6.07) is 8.64. The number of hydrogen-bond donors (Lipinski definition) is 3. The molecule has 1 saturated heterocycles. The first-order valence-electron chi connectivity index (χ1n) is 10.9. The van der Waals surface area contributed by atoms with Gasteiger partial charge in [-0.3, -0.25) is 9.48 Å². The number of primary amides is 1. The molecule has 1 aromatic heterocycles. The van der Waals surface area contributed by atoms with Crippen molar-refractivity contribution in [2.45, 2.75) is 44.2 Å². The monoisotopic (exact) mass is 465 g/mol. The van der Waals surface area contributed by atoms with Crippen LogP contribution < -0.4 is 11.1 Å². The Morgan fingerprint density at radius 2 is 2.00 bits per heavy atom. The van der Waals surface area contributed by atoms with Crippen LogP contribution >= 0.6 is 0 Å². The lowest BCUT2D eigenvalue weighted by Gasteiger charge is -2.43. The van der Waals surface area contributed by atoms with Crippen molar-refractivity contribution in [1.29, 1.82) is 10.5 Å². The number of nitrogens with one attached hydrogen (secondary N) is 1. The Kier molecular flexibility index (Phi) is 6.12. The van der Waals surface area contributed by atoms with Crippen LogP contribution in [0, 0.1) is 39.8 Å². The fraction of sp³-hybridized carbons (Fsp3) is 0.435. The largest absolute Gasteiger partial charge is 0.465 e. The molecule has 1 saturated carbocycles. The van der Waals surface area contributed by atoms with Crippen molar-refractivity contribution >= 4 is 23.5 Å². The molecule has 0 bridgehead atoms. The van der Waals surface area contributed by atoms with Gasteiger partial charge >= 0.3 is 6.09 Å². The van der Waals surface area contributed by atoms with E-state index in [2.05, 4.69) is 22.6 Å². The molecule has 3 atom stereocenters. The molecule has 34 heavy (non-hydrogen) atoms. The molecule has 1 aliphatic carbocycles. The molecule has 0 radical (unpaired) electrons. The molecule has 176 valence electrons. The molecule has 2 fully saturated rings. The minimum Gasteiger partial charge on any atom is -0.465 e. The van der Waals surface area contributed by atoms with Crippen molar-refractivity contribution in [3.8, 4) is 12.1 Å². The molecule has 11 heteroatoms. The standard InChI is InChI=1S/C23H24FN7O3/c24-15-1-3-16(4-2-15)28-21-17(20(27)32)13-31(29-21)19-14(12-26)5-10-30(22(33)34)18(19)11-23(6-7-23)8-9-25/h1-4,13-14,18-19H,5-8,10-11H2,(H2,27,32)(H,28,29)(H,33,34). The number of hydrogen-bond acceptors (Lipinski definition) is 6. The summed E-state index contributed by atoms with van der Waals surface area (Å²) in [5.74, 6) is -1.61. The molecule has 0 spiro atoms. The number of carboxylic acid groups (broad SMARTS) is 1. The number of amides is 2. The highest BCUT2D eigenvalue weighted by atomic mass is 19.1. The predicted molar refractivity (Wildman–Crippen MR) is 118 cm³/mol. The fourth-order valence-electron chi connectivity index (χ4n) is 4.77. The zero-order valence-corrected chi connectivity index (χ0v) is 18.3. The van der Waals surface area contributed by atoms with Gasteiger partial charge < -0.3 is 21.1 Å². The van der Waals surface area contributed by atoms with E-state index < -0.39 is 35.8 Å². The summed E-state index contributed by atoms with van der Waals surface area (Å²) in [6.07, 6.45) is 2.99. The molecule has 2 heterocycles. The first kappa shape index (κ1) is 23.1. The number of nitrogens with zero attached hydrogens (tertiary/aromatic N) is 5. The number of likely N-dealkylation sites (tertiary alicyclic amines) is 1. The van der Waals surface area contributed by atoms with E-state index in [4.69, 9.17) is 5.73 Å². The second-order valence-corrected chi connectivity index (χ2v) is 8.96. The van der Waals surface area contributed by atoms with Gasteiger partial charge in [-0.25, -0.2) is 9.18 Å². The van der Waals surface area contributed by atoms with E-state index in [9.17, 15) is 29.6 Å². The highest BCUT2D eigenvalue weighted by Crippen LogP contribution is 2.55. The van der Waals surface area contributed by atoms with Crippen LogP contribution in [0.15, 0.2) is 30.5 Å². The van der Waals surface area contributed by atoms with Crippen LogP contribution in [0.3, 0.4) is 0 Å². The van der Waals surface area contributed by atoms with Crippen LogP contribution in [0.25, 0.3) is 0 Å². The van der Waals surface area contributed by atoms with Gasteiger partial charge in [-0.2, -0.15) is 15.6 Å². The summed E-state index contributed by atoms with van der Waals surface area (Å²) in [4.78, 5) is 25.5. The second kappa shape index (κ2) is 9.02. The molecule has 2 aromatic rings. The van der Waals surface area contributed by atoms with E-state index >= 15 is 0 Å². The molecule has 1 aliphatic heterocycles. The highest BCUT2D eigenvalue weighted by Gasteiger charge is 2.51. The van der Waals surface area contributed by atoms with Gasteiger partial charge in [0.25, 0.3) is 5.91 Å². The lowest BCUT2D eigenvalue weighted by atomic mass is 9.80. The zero-order valence-electron chi connectivity index (χ0n) is 18.3. The average molecular weight is 465 g/mol. The second-order valence-electron chi connectivity index (χ2n) is 8.96. The summed E-state index contributed by atoms with van der Waals surface area (Å²) >= 11 is 0. The number of nitriles is 2. The first-order valence-corrected chi connectivity index (χ1v) is 10.9. The van der Waals surface area contributed by atoms with Gasteiger partial charge in [0, 0.05) is 24.8 Å². The highest BCUT2D eigenvalue weighted by molar-refractivity contribution is 5.98. The molecule has 10 nitrogen and oxygen atoms in total. The normalized spacial score (nSPS) is 22.9. The summed E-state index contributed by atoms with van der Waals surface area (Å²) in [5, 5.41) is 36.4. The number of anilines is 2. The molecule has 2 aliphatic rings. The smallest absolute Gasteiger partial charge is 0.407 e. The third-order valence-corrected chi connectivity index (χ3v) is 6.76. The molecule has 3 unspecified atom stereocenters. The van der Waals surface area contributed by atoms with Gasteiger partial charge in [0.15, 0.2) is 5.82 Å². The van der Waals surface area contributed by atoms with Gasteiger partial charge in [-0.1, -0.05) is 0 Å². The number of benzene rings is 1. The van der Waals surface area contributed by atoms with Gasteiger partial charge in [0.05, 0.1) is 30.1 Å². The molecule has 4 rings (SSSR count). The summed E-state index contributed by atoms with van der Waals surface area (Å²) < 4.78 is 14.7. The first-order chi connectivity index (χ1) is 16.3. The quantitative estimate of drug-likeness (QED) is 0.564. The lowest BCUT2D eigenvalue weighted by molar-refractivity contribution is 0.0476. The summed E-state index contributed by atoms with van der Waals surface area (Å²) in [6.45, 7) is 0.196. The van der Waals surface area contributed by atoms with Gasteiger partial charge in [0.1, 0.15) is 11.4 Å². The predicted octanol–water partition coefficient (Wildman–Crippen LogP) is 3.38. The molecule has 4 N–H and O–H groups in total. The topological polar surface area (TPSA) is 161 Å². The summed E-state index contributed by atoms with van der Waals surface area (Å²) in [5.41, 5.74) is 5.82. The number of rotatable bonds is 7. The van der Waals surface area contributed by atoms with Crippen LogP contribution in [0.1, 0.15) is 48.5 Å². The van der Waals surface area contributed by atoms with Gasteiger partial charge in [0.2, 0.25) is 0 Å². The van der Waals surface area contributed by atoms with E-state index in [0.717, 1.165) is 12.8 Å². The number of aromatic nitrogens is 2. The number of carbonyl (C=O) groups is 2. The maximum Gasteiger partial charge on any atom is 0.407 e. The van der Waals surface area contributed by atoms with Crippen LogP contribution in [0.5, 0.6) is 0 Å². The van der Waals surface area contributed by atoms with Crippen molar-refractivity contribution in [2.75, 3.05) is 11.9 Å². The minimum atomic E-state index is -1.11. The zero-order chi connectivity index (χ0) is 24.5. The Morgan fingerprint density at radius 1 is 1.29 bits per heavy atom. The van der Waals surface area contributed by atoms with Crippen molar-refractivity contribution in [3.05, 3.63) is 41.8 Å². The Balaban J connectivity index is 1.74. The Labute approximate surface area is 195 Å². The number of carbonyl (C=O) groups excluding carboxylic acids is 1. The van der Waals surface area contributed by atoms with Crippen molar-refractivity contribution in [2.24, 2.45) is 17.1 Å². The van der Waals surface area contributed by atoms with E-state index in [1.165, 1.54) is 40.0 Å². The van der Waals surface area contributed by atoms with Crippen LogP contribution in [-0.4, -0.2) is 44.4 Å². The van der Waals surface area contributed by atoms with Gasteiger partial charge in [-0.05, 0) is 55.4 Å². The van der Waals surface area contributed by atoms with E-state index in [1.54, 1.807) is 0 Å². The van der Waals surface area contributed by atoms with Crippen molar-refractivity contribution < 1.29 is 19.1 Å². The Morgan fingerprint density at radius 3 is 2.56 bits per heavy atom. The third-order valence-electron chi connectivity index (χ3n) is 6.76. The van der Waals surface area contributed by atoms with Gasteiger partial charge in [-0.15, -0.1) is 0 Å². The average Bonchev–Trinajstić information content (AvgIpc) is 3.42. The van der Waals surface area contributed by atoms with Crippen LogP contribution in [0.4, 0.5) is 20.7 Å². The number of nitrogens with two attached hydrogens (primary N) is 1. The van der Waals surface area contributed by atoms with Crippen LogP contribution in [0.2, 0.25) is 0 Å². The van der Waals surface area contributed by atoms with E-state index in [1.807, 2.05) is 0 Å². The Hall–Kier alpha value is -4.12. The SMILES string of the molecule is N#CCC1(CC2C(n3cc(C(N)=O)c(Nc4ccc(F)cc4)n3)C(C#N)CCN2C(=O)O)CC1. The fourth-order valence-corrected chi connectivity index (χ4v) is 4.77. The van der Waals surface area contributed by atoms with Crippen molar-refractivity contribution in [1.82, 2.24) is 14.7 Å². The third kappa shape index (κ3) is 4.50. The molecular weight excluding hydrogens is 441 g/mol. The molecular formula is C23H24FN7O3. The van der Waals surface area contributed by atoms with E-state index in [0.29, 0.717) is 24.9 Å². The molecule has 2 amide bonds. The minimum absolute atomic E-state index is 0.0605. The van der Waals surface area contributed by atoms with Crippen LogP contribution in [-0.2, 0) is 0 Å². The lowest BCUT2D eigenvalue weighted by Crippen LogP contribution is -2.52. The number of halogens is 1. The maximum atomic E-state index is 13.3. The maximum absolute atomic E-state index is 13.3. The summed E-state index contributed by atoms with van der Waals surface area (Å²) in [7, 11) is 0. The van der Waals surface area contributed by atoms with Crippen molar-refractivity contribution in [3.63, 3.8) is 0 Å². The number of piperidine rings is 1. The van der Waals surface area contributed by atoms with E-state index in [-0.39, 0.29) is 23.3 Å². The Bertz CT molecular complexity index is 1180. The molecule has 1 aromatic carbocycles.